The fourth-order valence-electron chi connectivity index (χ4n) is 1.27. The van der Waals surface area contributed by atoms with E-state index in [1.165, 1.54) is 4.90 Å². The third-order valence-electron chi connectivity index (χ3n) is 2.15. The van der Waals surface area contributed by atoms with Crippen LogP contribution in [0.1, 0.15) is 0 Å². The van der Waals surface area contributed by atoms with Crippen LogP contribution in [0.15, 0.2) is 29.2 Å². The van der Waals surface area contributed by atoms with Crippen LogP contribution in [0.2, 0.25) is 0 Å². The lowest BCUT2D eigenvalue weighted by Crippen LogP contribution is -2.32. The minimum atomic E-state index is -0.0309. The van der Waals surface area contributed by atoms with E-state index in [2.05, 4.69) is 10.6 Å². The van der Waals surface area contributed by atoms with Crippen molar-refractivity contribution in [2.24, 2.45) is 0 Å². The summed E-state index contributed by atoms with van der Waals surface area (Å²) in [6.07, 6.45) is 2.02. The number of hydrogen-bond acceptors (Lipinski definition) is 4. The number of amides is 1. The van der Waals surface area contributed by atoms with Gasteiger partial charge in [-0.05, 0) is 24.5 Å². The van der Waals surface area contributed by atoms with Crippen LogP contribution in [0.5, 0.6) is 0 Å². The van der Waals surface area contributed by atoms with E-state index < -0.39 is 0 Å². The molecule has 1 amide bonds. The van der Waals surface area contributed by atoms with Crippen LogP contribution < -0.4 is 10.6 Å². The fraction of sp³-hybridized carbons (Fsp3) is 0.417. The van der Waals surface area contributed by atoms with Gasteiger partial charge in [-0.25, -0.2) is 0 Å². The van der Waals surface area contributed by atoms with Gasteiger partial charge < -0.3 is 15.4 Å². The van der Waals surface area contributed by atoms with Crippen LogP contribution in [0, 0.1) is 0 Å². The monoisotopic (exact) mass is 254 g/mol. The number of rotatable bonds is 7. The quantitative estimate of drug-likeness (QED) is 0.573. The van der Waals surface area contributed by atoms with Crippen molar-refractivity contribution in [2.75, 3.05) is 38.4 Å². The standard InChI is InChI=1S/C12H18N2O2S/c1-16-7-6-13-12(15)9-14-10-4-3-5-11(8-10)17-2/h3-5,8,14H,6-7,9H2,1-2H3,(H,13,15). The Balaban J connectivity index is 2.31. The largest absolute Gasteiger partial charge is 0.383 e. The van der Waals surface area contributed by atoms with Crippen LogP contribution in [0.4, 0.5) is 5.69 Å². The molecule has 0 bridgehead atoms. The molecule has 5 heteroatoms. The third kappa shape index (κ3) is 5.60. The maximum Gasteiger partial charge on any atom is 0.239 e. The zero-order valence-corrected chi connectivity index (χ0v) is 11.0. The zero-order chi connectivity index (χ0) is 12.5. The lowest BCUT2D eigenvalue weighted by molar-refractivity contribution is -0.119. The number of carbonyl (C=O) groups excluding carboxylic acids is 1. The van der Waals surface area contributed by atoms with Crippen molar-refractivity contribution in [3.8, 4) is 0 Å². The highest BCUT2D eigenvalue weighted by molar-refractivity contribution is 7.98. The molecule has 0 aliphatic carbocycles. The van der Waals surface area contributed by atoms with Gasteiger partial charge in [0, 0.05) is 24.2 Å². The molecule has 0 radical (unpaired) electrons. The van der Waals surface area contributed by atoms with E-state index in [9.17, 15) is 4.79 Å². The highest BCUT2D eigenvalue weighted by Gasteiger charge is 2.00. The van der Waals surface area contributed by atoms with Gasteiger partial charge in [0.05, 0.1) is 13.2 Å². The molecule has 0 heterocycles. The summed E-state index contributed by atoms with van der Waals surface area (Å²) in [5.41, 5.74) is 0.957. The summed E-state index contributed by atoms with van der Waals surface area (Å²) >= 11 is 1.68. The van der Waals surface area contributed by atoms with Crippen molar-refractivity contribution in [1.29, 1.82) is 0 Å². The maximum absolute atomic E-state index is 11.4. The molecule has 0 aliphatic rings. The van der Waals surface area contributed by atoms with E-state index in [1.807, 2.05) is 30.5 Å². The second-order valence-corrected chi connectivity index (χ2v) is 4.31. The molecule has 0 fully saturated rings. The van der Waals surface area contributed by atoms with Crippen molar-refractivity contribution in [3.05, 3.63) is 24.3 Å². The zero-order valence-electron chi connectivity index (χ0n) is 10.2. The smallest absolute Gasteiger partial charge is 0.239 e. The van der Waals surface area contributed by atoms with E-state index in [0.29, 0.717) is 13.2 Å². The summed E-state index contributed by atoms with van der Waals surface area (Å²) in [6.45, 7) is 1.36. The SMILES string of the molecule is COCCNC(=O)CNc1cccc(SC)c1. The summed E-state index contributed by atoms with van der Waals surface area (Å²) in [5.74, 6) is -0.0309. The Kier molecular flexibility index (Phi) is 6.50. The first-order valence-electron chi connectivity index (χ1n) is 5.40. The molecular formula is C12H18N2O2S. The molecule has 1 aromatic carbocycles. The van der Waals surface area contributed by atoms with Crippen molar-refractivity contribution < 1.29 is 9.53 Å². The number of carbonyl (C=O) groups is 1. The van der Waals surface area contributed by atoms with Crippen LogP contribution >= 0.6 is 11.8 Å². The number of nitrogens with one attached hydrogen (secondary N) is 2. The molecule has 94 valence electrons. The average Bonchev–Trinajstić information content (AvgIpc) is 2.37. The van der Waals surface area contributed by atoms with E-state index >= 15 is 0 Å². The lowest BCUT2D eigenvalue weighted by atomic mass is 10.3. The molecule has 17 heavy (non-hydrogen) atoms. The number of ether oxygens (including phenoxy) is 1. The second-order valence-electron chi connectivity index (χ2n) is 3.43. The predicted octanol–water partition coefficient (Wildman–Crippen LogP) is 1.58. The maximum atomic E-state index is 11.4. The minimum absolute atomic E-state index is 0.0309. The Morgan fingerprint density at radius 2 is 2.29 bits per heavy atom. The van der Waals surface area contributed by atoms with Crippen molar-refractivity contribution in [1.82, 2.24) is 5.32 Å². The molecular weight excluding hydrogens is 236 g/mol. The van der Waals surface area contributed by atoms with E-state index in [0.717, 1.165) is 5.69 Å². The fourth-order valence-corrected chi connectivity index (χ4v) is 1.73. The molecule has 4 nitrogen and oxygen atoms in total. The van der Waals surface area contributed by atoms with Gasteiger partial charge in [-0.3, -0.25) is 4.79 Å². The first kappa shape index (κ1) is 13.9. The van der Waals surface area contributed by atoms with E-state index in [1.54, 1.807) is 18.9 Å². The van der Waals surface area contributed by atoms with Crippen molar-refractivity contribution in [2.45, 2.75) is 4.90 Å². The molecule has 0 saturated heterocycles. The predicted molar refractivity (Wildman–Crippen MR) is 71.6 cm³/mol. The summed E-state index contributed by atoms with van der Waals surface area (Å²) in [6, 6.07) is 7.97. The van der Waals surface area contributed by atoms with E-state index in [4.69, 9.17) is 4.74 Å². The third-order valence-corrected chi connectivity index (χ3v) is 2.88. The van der Waals surface area contributed by atoms with Crippen molar-refractivity contribution in [3.63, 3.8) is 0 Å². The molecule has 0 spiro atoms. The van der Waals surface area contributed by atoms with Crippen LogP contribution in [-0.4, -0.2) is 39.0 Å². The Hall–Kier alpha value is -1.20. The number of benzene rings is 1. The molecule has 1 aromatic rings. The van der Waals surface area contributed by atoms with Gasteiger partial charge in [0.2, 0.25) is 5.91 Å². The summed E-state index contributed by atoms with van der Waals surface area (Å²) < 4.78 is 4.85. The Morgan fingerprint density at radius 1 is 1.47 bits per heavy atom. The second kappa shape index (κ2) is 7.97. The number of hydrogen-bond donors (Lipinski definition) is 2. The van der Waals surface area contributed by atoms with Gasteiger partial charge in [0.1, 0.15) is 0 Å². The molecule has 1 rings (SSSR count). The Morgan fingerprint density at radius 3 is 3.00 bits per heavy atom. The normalized spacial score (nSPS) is 10.0. The van der Waals surface area contributed by atoms with Gasteiger partial charge in [-0.1, -0.05) is 6.07 Å². The highest BCUT2D eigenvalue weighted by atomic mass is 32.2. The first-order valence-corrected chi connectivity index (χ1v) is 6.62. The summed E-state index contributed by atoms with van der Waals surface area (Å²) in [5, 5.41) is 5.83. The van der Waals surface area contributed by atoms with Gasteiger partial charge >= 0.3 is 0 Å². The molecule has 0 saturated carbocycles. The number of methoxy groups -OCH3 is 1. The topological polar surface area (TPSA) is 50.4 Å². The number of anilines is 1. The Labute approximate surface area is 106 Å². The van der Waals surface area contributed by atoms with Crippen LogP contribution in [0.25, 0.3) is 0 Å². The minimum Gasteiger partial charge on any atom is -0.383 e. The first-order chi connectivity index (χ1) is 8.26. The summed E-state index contributed by atoms with van der Waals surface area (Å²) in [4.78, 5) is 12.6. The molecule has 0 unspecified atom stereocenters. The number of thioether (sulfide) groups is 1. The van der Waals surface area contributed by atoms with Gasteiger partial charge in [0.15, 0.2) is 0 Å². The highest BCUT2D eigenvalue weighted by Crippen LogP contribution is 2.18. The van der Waals surface area contributed by atoms with Crippen LogP contribution in [-0.2, 0) is 9.53 Å². The lowest BCUT2D eigenvalue weighted by Gasteiger charge is -2.08. The average molecular weight is 254 g/mol. The van der Waals surface area contributed by atoms with Crippen molar-refractivity contribution >= 4 is 23.4 Å². The summed E-state index contributed by atoms with van der Waals surface area (Å²) in [7, 11) is 1.61. The van der Waals surface area contributed by atoms with Crippen LogP contribution in [0.3, 0.4) is 0 Å². The molecule has 2 N–H and O–H groups in total. The van der Waals surface area contributed by atoms with Gasteiger partial charge in [-0.2, -0.15) is 0 Å². The molecule has 0 atom stereocenters. The Bertz CT molecular complexity index is 358. The van der Waals surface area contributed by atoms with Gasteiger partial charge in [-0.15, -0.1) is 11.8 Å². The molecule has 0 aromatic heterocycles. The van der Waals surface area contributed by atoms with E-state index in [-0.39, 0.29) is 12.5 Å². The molecule has 0 aliphatic heterocycles. The van der Waals surface area contributed by atoms with Gasteiger partial charge in [0.25, 0.3) is 0 Å².